The number of nitrogens with zero attached hydrogens (tertiary/aromatic N) is 7. The standard InChI is InChI=1S/C33H31N7O2/c41-40(42)31-32(35-25-36-33(31)39(29-18-10-11-19-34-29)24-26-12-4-1-5-13-26)38-22-20-37(21-23-38)30(27-14-6-2-7-15-27)28-16-8-3-9-17-28/h1-19,25,30H,20-24H2. The molecule has 0 spiro atoms. The zero-order chi connectivity index (χ0) is 28.7. The zero-order valence-electron chi connectivity index (χ0n) is 23.1. The summed E-state index contributed by atoms with van der Waals surface area (Å²) in [4.78, 5) is 31.9. The van der Waals surface area contributed by atoms with Gasteiger partial charge in [-0.3, -0.25) is 15.0 Å². The lowest BCUT2D eigenvalue weighted by Crippen LogP contribution is -2.48. The van der Waals surface area contributed by atoms with Crippen LogP contribution in [0.2, 0.25) is 0 Å². The molecule has 1 aliphatic heterocycles. The van der Waals surface area contributed by atoms with Crippen LogP contribution in [-0.2, 0) is 6.54 Å². The highest BCUT2D eigenvalue weighted by Gasteiger charge is 2.34. The Labute approximate surface area is 244 Å². The molecular weight excluding hydrogens is 526 g/mol. The molecule has 0 atom stereocenters. The van der Waals surface area contributed by atoms with E-state index in [1.165, 1.54) is 17.5 Å². The lowest BCUT2D eigenvalue weighted by Gasteiger charge is -2.40. The van der Waals surface area contributed by atoms with Gasteiger partial charge in [-0.1, -0.05) is 97.1 Å². The van der Waals surface area contributed by atoms with Crippen LogP contribution < -0.4 is 9.80 Å². The van der Waals surface area contributed by atoms with Crippen LogP contribution in [0.1, 0.15) is 22.7 Å². The van der Waals surface area contributed by atoms with Gasteiger partial charge >= 0.3 is 5.69 Å². The van der Waals surface area contributed by atoms with Crippen LogP contribution in [0, 0.1) is 10.1 Å². The topological polar surface area (TPSA) is 91.5 Å². The van der Waals surface area contributed by atoms with Crippen LogP contribution in [-0.4, -0.2) is 51.0 Å². The van der Waals surface area contributed by atoms with Gasteiger partial charge in [-0.25, -0.2) is 15.0 Å². The van der Waals surface area contributed by atoms with Gasteiger partial charge in [-0.05, 0) is 28.8 Å². The minimum atomic E-state index is -0.366. The van der Waals surface area contributed by atoms with Crippen molar-refractivity contribution in [3.8, 4) is 0 Å². The molecule has 0 aliphatic carbocycles. The van der Waals surface area contributed by atoms with Gasteiger partial charge in [0.2, 0.25) is 11.6 Å². The van der Waals surface area contributed by atoms with Gasteiger partial charge in [0.15, 0.2) is 0 Å². The van der Waals surface area contributed by atoms with Crippen molar-refractivity contribution in [3.63, 3.8) is 0 Å². The molecule has 0 amide bonds. The molecule has 1 saturated heterocycles. The van der Waals surface area contributed by atoms with E-state index in [0.29, 0.717) is 31.3 Å². The molecule has 1 aliphatic rings. The fourth-order valence-electron chi connectivity index (χ4n) is 5.57. The van der Waals surface area contributed by atoms with E-state index in [4.69, 9.17) is 0 Å². The van der Waals surface area contributed by atoms with E-state index in [1.54, 1.807) is 11.1 Å². The molecule has 9 heteroatoms. The van der Waals surface area contributed by atoms with Crippen molar-refractivity contribution in [2.24, 2.45) is 0 Å². The van der Waals surface area contributed by atoms with Gasteiger partial charge < -0.3 is 9.80 Å². The van der Waals surface area contributed by atoms with Crippen molar-refractivity contribution < 1.29 is 4.92 Å². The summed E-state index contributed by atoms with van der Waals surface area (Å²) in [5.41, 5.74) is 3.31. The van der Waals surface area contributed by atoms with Crippen molar-refractivity contribution in [1.29, 1.82) is 0 Å². The van der Waals surface area contributed by atoms with Gasteiger partial charge in [0.1, 0.15) is 12.1 Å². The first-order valence-corrected chi connectivity index (χ1v) is 14.0. The maximum atomic E-state index is 12.7. The Morgan fingerprint density at radius 3 is 1.90 bits per heavy atom. The summed E-state index contributed by atoms with van der Waals surface area (Å²) in [6.45, 7) is 3.00. The Balaban J connectivity index is 1.31. The maximum absolute atomic E-state index is 12.7. The zero-order valence-corrected chi connectivity index (χ0v) is 23.1. The van der Waals surface area contributed by atoms with Crippen LogP contribution in [0.25, 0.3) is 0 Å². The number of hydrogen-bond acceptors (Lipinski definition) is 8. The van der Waals surface area contributed by atoms with E-state index in [1.807, 2.05) is 65.6 Å². The van der Waals surface area contributed by atoms with Gasteiger partial charge in [0, 0.05) is 32.4 Å². The number of benzene rings is 3. The second-order valence-corrected chi connectivity index (χ2v) is 10.1. The number of anilines is 3. The van der Waals surface area contributed by atoms with E-state index in [9.17, 15) is 10.1 Å². The van der Waals surface area contributed by atoms with Crippen LogP contribution in [0.5, 0.6) is 0 Å². The first-order chi connectivity index (χ1) is 20.7. The number of pyridine rings is 1. The van der Waals surface area contributed by atoms with Crippen LogP contribution in [0.15, 0.2) is 122 Å². The number of hydrogen-bond donors (Lipinski definition) is 0. The Morgan fingerprint density at radius 2 is 1.33 bits per heavy atom. The molecule has 2 aromatic heterocycles. The molecule has 210 valence electrons. The van der Waals surface area contributed by atoms with Crippen molar-refractivity contribution in [3.05, 3.63) is 149 Å². The van der Waals surface area contributed by atoms with E-state index in [-0.39, 0.29) is 22.5 Å². The van der Waals surface area contributed by atoms with E-state index >= 15 is 0 Å². The highest BCUT2D eigenvalue weighted by molar-refractivity contribution is 5.75. The summed E-state index contributed by atoms with van der Waals surface area (Å²) in [5, 5.41) is 12.7. The maximum Gasteiger partial charge on any atom is 0.354 e. The smallest absolute Gasteiger partial charge is 0.348 e. The van der Waals surface area contributed by atoms with Crippen LogP contribution >= 0.6 is 0 Å². The summed E-state index contributed by atoms with van der Waals surface area (Å²) in [6, 6.07) is 36.4. The molecule has 0 unspecified atom stereocenters. The van der Waals surface area contributed by atoms with Gasteiger partial charge in [0.05, 0.1) is 17.5 Å². The summed E-state index contributed by atoms with van der Waals surface area (Å²) in [5.74, 6) is 1.13. The monoisotopic (exact) mass is 557 g/mol. The molecule has 0 N–H and O–H groups in total. The third kappa shape index (κ3) is 5.82. The van der Waals surface area contributed by atoms with Gasteiger partial charge in [-0.2, -0.15) is 0 Å². The average Bonchev–Trinajstić information content (AvgIpc) is 3.06. The minimum Gasteiger partial charge on any atom is -0.348 e. The molecule has 1 fully saturated rings. The summed E-state index contributed by atoms with van der Waals surface area (Å²) >= 11 is 0. The normalized spacial score (nSPS) is 13.7. The average molecular weight is 558 g/mol. The van der Waals surface area contributed by atoms with Crippen molar-refractivity contribution in [2.75, 3.05) is 36.0 Å². The summed E-state index contributed by atoms with van der Waals surface area (Å²) in [7, 11) is 0. The minimum absolute atomic E-state index is 0.0935. The van der Waals surface area contributed by atoms with E-state index < -0.39 is 0 Å². The SMILES string of the molecule is O=[N+]([O-])c1c(N2CCN(C(c3ccccc3)c3ccccc3)CC2)ncnc1N(Cc1ccccc1)c1ccccn1. The van der Waals surface area contributed by atoms with Crippen molar-refractivity contribution >= 4 is 23.1 Å². The molecular formula is C33H31N7O2. The molecule has 0 bridgehead atoms. The second-order valence-electron chi connectivity index (χ2n) is 10.1. The molecule has 3 heterocycles. The van der Waals surface area contributed by atoms with Gasteiger partial charge in [-0.15, -0.1) is 0 Å². The number of aromatic nitrogens is 3. The second kappa shape index (κ2) is 12.6. The number of rotatable bonds is 9. The van der Waals surface area contributed by atoms with Crippen molar-refractivity contribution in [1.82, 2.24) is 19.9 Å². The fourth-order valence-corrected chi connectivity index (χ4v) is 5.57. The predicted molar refractivity (Wildman–Crippen MR) is 164 cm³/mol. The molecule has 5 aromatic rings. The van der Waals surface area contributed by atoms with Crippen LogP contribution in [0.4, 0.5) is 23.1 Å². The van der Waals surface area contributed by atoms with E-state index in [2.05, 4.69) is 68.4 Å². The number of piperazine rings is 1. The van der Waals surface area contributed by atoms with Crippen molar-refractivity contribution in [2.45, 2.75) is 12.6 Å². The highest BCUT2D eigenvalue weighted by Crippen LogP contribution is 2.39. The summed E-state index contributed by atoms with van der Waals surface area (Å²) in [6.07, 6.45) is 3.10. The van der Waals surface area contributed by atoms with Gasteiger partial charge in [0.25, 0.3) is 0 Å². The van der Waals surface area contributed by atoms with E-state index in [0.717, 1.165) is 18.7 Å². The molecule has 6 rings (SSSR count). The third-order valence-corrected chi connectivity index (χ3v) is 7.54. The first kappa shape index (κ1) is 27.0. The number of nitro groups is 1. The molecule has 42 heavy (non-hydrogen) atoms. The highest BCUT2D eigenvalue weighted by atomic mass is 16.6. The molecule has 0 saturated carbocycles. The summed E-state index contributed by atoms with van der Waals surface area (Å²) < 4.78 is 0. The first-order valence-electron chi connectivity index (χ1n) is 14.0. The Bertz CT molecular complexity index is 1560. The fraction of sp³-hybridized carbons (Fsp3) is 0.182. The lowest BCUT2D eigenvalue weighted by molar-refractivity contribution is -0.383. The Hall–Kier alpha value is -5.15. The third-order valence-electron chi connectivity index (χ3n) is 7.54. The molecule has 0 radical (unpaired) electrons. The quantitative estimate of drug-likeness (QED) is 0.160. The Kier molecular flexibility index (Phi) is 8.09. The lowest BCUT2D eigenvalue weighted by atomic mass is 9.96. The predicted octanol–water partition coefficient (Wildman–Crippen LogP) is 6.03. The molecule has 3 aromatic carbocycles. The Morgan fingerprint density at radius 1 is 0.738 bits per heavy atom. The van der Waals surface area contributed by atoms with Crippen LogP contribution in [0.3, 0.4) is 0 Å². The largest absolute Gasteiger partial charge is 0.354 e. The molecule has 9 nitrogen and oxygen atoms in total.